The lowest BCUT2D eigenvalue weighted by Crippen LogP contribution is -2.11. The molecule has 0 atom stereocenters. The van der Waals surface area contributed by atoms with E-state index in [0.717, 1.165) is 54.9 Å². The summed E-state index contributed by atoms with van der Waals surface area (Å²) >= 11 is 0. The van der Waals surface area contributed by atoms with Gasteiger partial charge in [-0.25, -0.2) is 4.68 Å². The molecule has 0 amide bonds. The lowest BCUT2D eigenvalue weighted by atomic mass is 9.96. The van der Waals surface area contributed by atoms with Crippen molar-refractivity contribution in [3.63, 3.8) is 0 Å². The maximum Gasteiger partial charge on any atom is 0.303 e. The van der Waals surface area contributed by atoms with Crippen LogP contribution in [0.15, 0.2) is 67.0 Å². The molecule has 1 saturated carbocycles. The van der Waals surface area contributed by atoms with Gasteiger partial charge in [-0.1, -0.05) is 12.1 Å². The molecular formula is C24H27N3O3. The standard InChI is InChI=1S/C24H27N3O3/c28-23(29)17-24(12-13-24)11-1-14-25-20-5-9-22(10-6-20)30-18-19-3-7-21(8-4-19)27-16-2-15-26-27/h2-10,15-16,25H,1,11-14,17-18H2,(H,28,29). The monoisotopic (exact) mass is 405 g/mol. The lowest BCUT2D eigenvalue weighted by molar-refractivity contribution is -0.138. The molecule has 0 radical (unpaired) electrons. The molecule has 30 heavy (non-hydrogen) atoms. The minimum absolute atomic E-state index is 0.0712. The maximum absolute atomic E-state index is 10.9. The van der Waals surface area contributed by atoms with Crippen molar-refractivity contribution in [2.24, 2.45) is 5.41 Å². The van der Waals surface area contributed by atoms with Gasteiger partial charge in [0, 0.05) is 24.6 Å². The van der Waals surface area contributed by atoms with Gasteiger partial charge >= 0.3 is 5.97 Å². The van der Waals surface area contributed by atoms with E-state index in [0.29, 0.717) is 13.0 Å². The number of benzene rings is 2. The Labute approximate surface area is 176 Å². The second-order valence-corrected chi connectivity index (χ2v) is 8.03. The van der Waals surface area contributed by atoms with Crippen LogP contribution in [0.1, 0.15) is 37.7 Å². The SMILES string of the molecule is O=C(O)CC1(CCCNc2ccc(OCc3ccc(-n4cccn4)cc3)cc2)CC1. The van der Waals surface area contributed by atoms with Crippen LogP contribution in [0, 0.1) is 5.41 Å². The Kier molecular flexibility index (Phi) is 6.02. The van der Waals surface area contributed by atoms with Gasteiger partial charge < -0.3 is 15.2 Å². The molecule has 1 aliphatic carbocycles. The number of hydrogen-bond donors (Lipinski definition) is 2. The Morgan fingerprint density at radius 3 is 2.53 bits per heavy atom. The normalized spacial score (nSPS) is 14.3. The largest absolute Gasteiger partial charge is 0.489 e. The number of carbonyl (C=O) groups is 1. The fraction of sp³-hybridized carbons (Fsp3) is 0.333. The number of nitrogens with one attached hydrogen (secondary N) is 1. The first-order chi connectivity index (χ1) is 14.6. The summed E-state index contributed by atoms with van der Waals surface area (Å²) in [5, 5.41) is 16.6. The van der Waals surface area contributed by atoms with Gasteiger partial charge in [-0.05, 0) is 79.1 Å². The minimum atomic E-state index is -0.676. The zero-order valence-corrected chi connectivity index (χ0v) is 17.0. The number of carboxylic acids is 1. The van der Waals surface area contributed by atoms with Gasteiger partial charge in [0.1, 0.15) is 12.4 Å². The zero-order chi connectivity index (χ0) is 20.8. The van der Waals surface area contributed by atoms with E-state index in [1.807, 2.05) is 65.5 Å². The van der Waals surface area contributed by atoms with Crippen molar-refractivity contribution in [1.29, 1.82) is 0 Å². The summed E-state index contributed by atoms with van der Waals surface area (Å²) in [5.74, 6) is 0.153. The highest BCUT2D eigenvalue weighted by atomic mass is 16.5. The number of nitrogens with zero attached hydrogens (tertiary/aromatic N) is 2. The van der Waals surface area contributed by atoms with Crippen LogP contribution in [0.2, 0.25) is 0 Å². The summed E-state index contributed by atoms with van der Waals surface area (Å²) in [6.07, 6.45) is 8.06. The minimum Gasteiger partial charge on any atom is -0.489 e. The molecule has 2 N–H and O–H groups in total. The number of carboxylic acid groups (broad SMARTS) is 1. The van der Waals surface area contributed by atoms with Gasteiger partial charge in [0.15, 0.2) is 0 Å². The van der Waals surface area contributed by atoms with Crippen molar-refractivity contribution in [1.82, 2.24) is 9.78 Å². The fourth-order valence-corrected chi connectivity index (χ4v) is 3.71. The van der Waals surface area contributed by atoms with E-state index >= 15 is 0 Å². The molecule has 6 heteroatoms. The van der Waals surface area contributed by atoms with Gasteiger partial charge in [-0.15, -0.1) is 0 Å². The van der Waals surface area contributed by atoms with Gasteiger partial charge in [0.2, 0.25) is 0 Å². The molecule has 0 unspecified atom stereocenters. The van der Waals surface area contributed by atoms with E-state index in [4.69, 9.17) is 9.84 Å². The Morgan fingerprint density at radius 2 is 1.90 bits per heavy atom. The molecule has 1 fully saturated rings. The molecule has 0 bridgehead atoms. The number of rotatable bonds is 11. The first-order valence-electron chi connectivity index (χ1n) is 10.4. The maximum atomic E-state index is 10.9. The number of ether oxygens (including phenoxy) is 1. The molecule has 1 aromatic heterocycles. The number of aromatic nitrogens is 2. The molecule has 156 valence electrons. The van der Waals surface area contributed by atoms with E-state index in [1.54, 1.807) is 6.20 Å². The van der Waals surface area contributed by atoms with Crippen LogP contribution in [-0.4, -0.2) is 27.4 Å². The van der Waals surface area contributed by atoms with Gasteiger partial charge in [-0.2, -0.15) is 5.10 Å². The van der Waals surface area contributed by atoms with Crippen molar-refractivity contribution in [2.75, 3.05) is 11.9 Å². The van der Waals surface area contributed by atoms with Gasteiger partial charge in [0.05, 0.1) is 12.1 Å². The predicted molar refractivity (Wildman–Crippen MR) is 116 cm³/mol. The smallest absolute Gasteiger partial charge is 0.303 e. The van der Waals surface area contributed by atoms with Crippen molar-refractivity contribution in [3.8, 4) is 11.4 Å². The van der Waals surface area contributed by atoms with Crippen molar-refractivity contribution < 1.29 is 14.6 Å². The Hall–Kier alpha value is -3.28. The van der Waals surface area contributed by atoms with Crippen LogP contribution in [0.3, 0.4) is 0 Å². The van der Waals surface area contributed by atoms with E-state index in [-0.39, 0.29) is 5.41 Å². The van der Waals surface area contributed by atoms with Crippen molar-refractivity contribution >= 4 is 11.7 Å². The number of hydrogen-bond acceptors (Lipinski definition) is 4. The van der Waals surface area contributed by atoms with E-state index in [1.165, 1.54) is 0 Å². The predicted octanol–water partition coefficient (Wildman–Crippen LogP) is 4.90. The van der Waals surface area contributed by atoms with Gasteiger partial charge in [0.25, 0.3) is 0 Å². The van der Waals surface area contributed by atoms with Crippen LogP contribution < -0.4 is 10.1 Å². The van der Waals surface area contributed by atoms with Crippen molar-refractivity contribution in [2.45, 2.75) is 38.7 Å². The summed E-state index contributed by atoms with van der Waals surface area (Å²) in [6, 6.07) is 18.0. The molecule has 3 aromatic rings. The van der Waals surface area contributed by atoms with Crippen molar-refractivity contribution in [3.05, 3.63) is 72.6 Å². The highest BCUT2D eigenvalue weighted by Gasteiger charge is 2.43. The number of aliphatic carboxylic acids is 1. The first-order valence-corrected chi connectivity index (χ1v) is 10.4. The Bertz CT molecular complexity index is 946. The van der Waals surface area contributed by atoms with Crippen LogP contribution in [0.5, 0.6) is 5.75 Å². The third-order valence-corrected chi connectivity index (χ3v) is 5.66. The molecule has 1 heterocycles. The molecule has 0 spiro atoms. The zero-order valence-electron chi connectivity index (χ0n) is 17.0. The molecule has 2 aromatic carbocycles. The first kappa shape index (κ1) is 20.0. The average molecular weight is 405 g/mol. The van der Waals surface area contributed by atoms with E-state index in [9.17, 15) is 4.79 Å². The second kappa shape index (κ2) is 9.03. The van der Waals surface area contributed by atoms with Crippen LogP contribution in [0.4, 0.5) is 5.69 Å². The fourth-order valence-electron chi connectivity index (χ4n) is 3.71. The lowest BCUT2D eigenvalue weighted by Gasteiger charge is -2.13. The third kappa shape index (κ3) is 5.41. The van der Waals surface area contributed by atoms with E-state index in [2.05, 4.69) is 10.4 Å². The summed E-state index contributed by atoms with van der Waals surface area (Å²) in [5.41, 5.74) is 3.24. The van der Waals surface area contributed by atoms with Crippen LogP contribution in [0.25, 0.3) is 5.69 Å². The molecule has 0 saturated heterocycles. The van der Waals surface area contributed by atoms with Gasteiger partial charge in [-0.3, -0.25) is 4.79 Å². The quantitative estimate of drug-likeness (QED) is 0.444. The molecule has 1 aliphatic rings. The Morgan fingerprint density at radius 1 is 1.13 bits per heavy atom. The second-order valence-electron chi connectivity index (χ2n) is 8.03. The van der Waals surface area contributed by atoms with E-state index < -0.39 is 5.97 Å². The topological polar surface area (TPSA) is 76.4 Å². The molecule has 4 rings (SSSR count). The highest BCUT2D eigenvalue weighted by molar-refractivity contribution is 5.68. The Balaban J connectivity index is 1.19. The summed E-state index contributed by atoms with van der Waals surface area (Å²) < 4.78 is 7.71. The third-order valence-electron chi connectivity index (χ3n) is 5.66. The molecule has 0 aliphatic heterocycles. The molecule has 6 nitrogen and oxygen atoms in total. The summed E-state index contributed by atoms with van der Waals surface area (Å²) in [7, 11) is 0. The highest BCUT2D eigenvalue weighted by Crippen LogP contribution is 2.52. The summed E-state index contributed by atoms with van der Waals surface area (Å²) in [4.78, 5) is 10.9. The average Bonchev–Trinajstić information content (AvgIpc) is 3.28. The molecular weight excluding hydrogens is 378 g/mol. The number of anilines is 1. The van der Waals surface area contributed by atoms with Crippen LogP contribution >= 0.6 is 0 Å². The summed E-state index contributed by atoms with van der Waals surface area (Å²) in [6.45, 7) is 1.36. The van der Waals surface area contributed by atoms with Crippen LogP contribution in [-0.2, 0) is 11.4 Å².